The summed E-state index contributed by atoms with van der Waals surface area (Å²) in [6.45, 7) is 0. The summed E-state index contributed by atoms with van der Waals surface area (Å²) in [5, 5.41) is 20.4. The van der Waals surface area contributed by atoms with Gasteiger partial charge in [-0.25, -0.2) is 4.39 Å². The number of benzene rings is 1. The van der Waals surface area contributed by atoms with E-state index >= 15 is 0 Å². The molecule has 1 amide bonds. The number of hydrogen-bond acceptors (Lipinski definition) is 3. The molecular weight excluding hydrogens is 275 g/mol. The second-order valence-electron chi connectivity index (χ2n) is 4.79. The SMILES string of the molecule is N#Cc1cc(NC(=O)[C@@H]2CC=CC[C@@H]2C(=O)O)ccc1F. The van der Waals surface area contributed by atoms with Gasteiger partial charge >= 0.3 is 5.97 Å². The highest BCUT2D eigenvalue weighted by Crippen LogP contribution is 2.27. The summed E-state index contributed by atoms with van der Waals surface area (Å²) in [5.74, 6) is -3.58. The van der Waals surface area contributed by atoms with E-state index in [-0.39, 0.29) is 11.3 Å². The Morgan fingerprint density at radius 3 is 2.57 bits per heavy atom. The van der Waals surface area contributed by atoms with Crippen molar-refractivity contribution in [3.8, 4) is 6.07 Å². The van der Waals surface area contributed by atoms with Gasteiger partial charge in [0, 0.05) is 5.69 Å². The van der Waals surface area contributed by atoms with Crippen LogP contribution >= 0.6 is 0 Å². The third kappa shape index (κ3) is 3.26. The third-order valence-electron chi connectivity index (χ3n) is 3.44. The first kappa shape index (κ1) is 14.7. The van der Waals surface area contributed by atoms with Gasteiger partial charge < -0.3 is 10.4 Å². The molecule has 0 bridgehead atoms. The van der Waals surface area contributed by atoms with Crippen molar-refractivity contribution in [2.75, 3.05) is 5.32 Å². The lowest BCUT2D eigenvalue weighted by atomic mass is 9.82. The van der Waals surface area contributed by atoms with Gasteiger partial charge in [0.05, 0.1) is 17.4 Å². The van der Waals surface area contributed by atoms with E-state index in [0.717, 1.165) is 6.07 Å². The molecule has 0 radical (unpaired) electrons. The Balaban J connectivity index is 2.16. The van der Waals surface area contributed by atoms with Crippen molar-refractivity contribution in [2.45, 2.75) is 12.8 Å². The van der Waals surface area contributed by atoms with E-state index in [9.17, 15) is 14.0 Å². The smallest absolute Gasteiger partial charge is 0.307 e. The lowest BCUT2D eigenvalue weighted by Gasteiger charge is -2.24. The van der Waals surface area contributed by atoms with Gasteiger partial charge in [0.25, 0.3) is 0 Å². The zero-order valence-electron chi connectivity index (χ0n) is 11.0. The average Bonchev–Trinajstić information content (AvgIpc) is 2.49. The van der Waals surface area contributed by atoms with Crippen molar-refractivity contribution in [3.63, 3.8) is 0 Å². The van der Waals surface area contributed by atoms with Crippen molar-refractivity contribution in [3.05, 3.63) is 41.7 Å². The number of carbonyl (C=O) groups is 2. The van der Waals surface area contributed by atoms with Crippen molar-refractivity contribution >= 4 is 17.6 Å². The molecule has 0 saturated carbocycles. The molecule has 108 valence electrons. The molecule has 0 unspecified atom stereocenters. The van der Waals surface area contributed by atoms with Crippen molar-refractivity contribution in [2.24, 2.45) is 11.8 Å². The Morgan fingerprint density at radius 1 is 1.29 bits per heavy atom. The van der Waals surface area contributed by atoms with Crippen LogP contribution in [0.15, 0.2) is 30.4 Å². The zero-order chi connectivity index (χ0) is 15.4. The Kier molecular flexibility index (Phi) is 4.33. The lowest BCUT2D eigenvalue weighted by molar-refractivity contribution is -0.146. The van der Waals surface area contributed by atoms with Crippen molar-refractivity contribution in [1.82, 2.24) is 0 Å². The summed E-state index contributed by atoms with van der Waals surface area (Å²) in [6, 6.07) is 5.33. The number of allylic oxidation sites excluding steroid dienone is 2. The first-order chi connectivity index (χ1) is 10.0. The van der Waals surface area contributed by atoms with E-state index in [4.69, 9.17) is 10.4 Å². The normalized spacial score (nSPS) is 20.6. The number of nitriles is 1. The fourth-order valence-corrected chi connectivity index (χ4v) is 2.30. The first-order valence-electron chi connectivity index (χ1n) is 6.41. The molecule has 1 aromatic rings. The number of carboxylic acids is 1. The van der Waals surface area contributed by atoms with Crippen LogP contribution in [0.1, 0.15) is 18.4 Å². The lowest BCUT2D eigenvalue weighted by Crippen LogP contribution is -2.34. The fraction of sp³-hybridized carbons (Fsp3) is 0.267. The standard InChI is InChI=1S/C15H13FN2O3/c16-13-6-5-10(7-9(13)8-17)18-14(19)11-3-1-2-4-12(11)15(20)21/h1-2,5-7,11-12H,3-4H2,(H,18,19)(H,20,21)/t11-,12+/m1/s1. The maximum absolute atomic E-state index is 13.2. The largest absolute Gasteiger partial charge is 0.481 e. The Labute approximate surface area is 120 Å². The van der Waals surface area contributed by atoms with E-state index in [0.29, 0.717) is 12.8 Å². The average molecular weight is 288 g/mol. The molecule has 2 atom stereocenters. The van der Waals surface area contributed by atoms with E-state index in [1.54, 1.807) is 18.2 Å². The van der Waals surface area contributed by atoms with E-state index < -0.39 is 29.5 Å². The van der Waals surface area contributed by atoms with Crippen LogP contribution in [0.5, 0.6) is 0 Å². The summed E-state index contributed by atoms with van der Waals surface area (Å²) >= 11 is 0. The number of hydrogen-bond donors (Lipinski definition) is 2. The molecule has 1 aliphatic rings. The third-order valence-corrected chi connectivity index (χ3v) is 3.44. The fourth-order valence-electron chi connectivity index (χ4n) is 2.30. The summed E-state index contributed by atoms with van der Waals surface area (Å²) in [6.07, 6.45) is 4.17. The number of nitrogens with one attached hydrogen (secondary N) is 1. The number of aliphatic carboxylic acids is 1. The van der Waals surface area contributed by atoms with Crippen LogP contribution in [0.3, 0.4) is 0 Å². The van der Waals surface area contributed by atoms with Crippen LogP contribution in [-0.2, 0) is 9.59 Å². The van der Waals surface area contributed by atoms with Gasteiger partial charge in [-0.3, -0.25) is 9.59 Å². The van der Waals surface area contributed by atoms with E-state index in [1.807, 2.05) is 0 Å². The molecule has 0 saturated heterocycles. The molecule has 0 aliphatic heterocycles. The molecule has 1 aliphatic carbocycles. The van der Waals surface area contributed by atoms with Gasteiger partial charge in [-0.1, -0.05) is 12.2 Å². The monoisotopic (exact) mass is 288 g/mol. The van der Waals surface area contributed by atoms with Gasteiger partial charge in [-0.2, -0.15) is 5.26 Å². The quantitative estimate of drug-likeness (QED) is 0.835. The van der Waals surface area contributed by atoms with Crippen molar-refractivity contribution < 1.29 is 19.1 Å². The van der Waals surface area contributed by atoms with E-state index in [1.165, 1.54) is 12.1 Å². The number of amides is 1. The highest BCUT2D eigenvalue weighted by molar-refractivity contribution is 5.95. The highest BCUT2D eigenvalue weighted by Gasteiger charge is 2.33. The molecule has 0 fully saturated rings. The number of anilines is 1. The number of rotatable bonds is 3. The molecular formula is C15H13FN2O3. The van der Waals surface area contributed by atoms with Crippen molar-refractivity contribution in [1.29, 1.82) is 5.26 Å². The Hall–Kier alpha value is -2.68. The predicted molar refractivity (Wildman–Crippen MR) is 72.7 cm³/mol. The molecule has 1 aromatic carbocycles. The van der Waals surface area contributed by atoms with Gasteiger partial charge in [0.15, 0.2) is 0 Å². The summed E-state index contributed by atoms with van der Waals surface area (Å²) < 4.78 is 13.2. The zero-order valence-corrected chi connectivity index (χ0v) is 11.0. The number of nitrogens with zero attached hydrogens (tertiary/aromatic N) is 1. The number of halogens is 1. The maximum atomic E-state index is 13.2. The molecule has 0 aromatic heterocycles. The molecule has 0 spiro atoms. The van der Waals surface area contributed by atoms with Crippen LogP contribution in [0.4, 0.5) is 10.1 Å². The summed E-state index contributed by atoms with van der Waals surface area (Å²) in [7, 11) is 0. The molecule has 0 heterocycles. The van der Waals surface area contributed by atoms with Gasteiger partial charge in [-0.05, 0) is 31.0 Å². The number of carboxylic acid groups (broad SMARTS) is 1. The minimum absolute atomic E-state index is 0.175. The highest BCUT2D eigenvalue weighted by atomic mass is 19.1. The second-order valence-corrected chi connectivity index (χ2v) is 4.79. The van der Waals surface area contributed by atoms with Crippen LogP contribution in [0.2, 0.25) is 0 Å². The molecule has 2 rings (SSSR count). The van der Waals surface area contributed by atoms with Gasteiger partial charge in [-0.15, -0.1) is 0 Å². The summed E-state index contributed by atoms with van der Waals surface area (Å²) in [5.41, 5.74) is 0.0998. The van der Waals surface area contributed by atoms with Crippen LogP contribution in [-0.4, -0.2) is 17.0 Å². The van der Waals surface area contributed by atoms with Gasteiger partial charge in [0.2, 0.25) is 5.91 Å². The Bertz CT molecular complexity index is 649. The molecule has 2 N–H and O–H groups in total. The molecule has 6 heteroatoms. The maximum Gasteiger partial charge on any atom is 0.307 e. The van der Waals surface area contributed by atoms with Crippen LogP contribution in [0.25, 0.3) is 0 Å². The first-order valence-corrected chi connectivity index (χ1v) is 6.41. The van der Waals surface area contributed by atoms with E-state index in [2.05, 4.69) is 5.32 Å². The van der Waals surface area contributed by atoms with Gasteiger partial charge in [0.1, 0.15) is 11.9 Å². The predicted octanol–water partition coefficient (Wildman–Crippen LogP) is 2.30. The summed E-state index contributed by atoms with van der Waals surface area (Å²) in [4.78, 5) is 23.3. The van der Waals surface area contributed by atoms with Crippen LogP contribution < -0.4 is 5.32 Å². The second kappa shape index (κ2) is 6.18. The minimum atomic E-state index is -1.02. The Morgan fingerprint density at radius 2 is 1.95 bits per heavy atom. The number of carbonyl (C=O) groups excluding carboxylic acids is 1. The topological polar surface area (TPSA) is 90.2 Å². The minimum Gasteiger partial charge on any atom is -0.481 e. The molecule has 21 heavy (non-hydrogen) atoms. The molecule has 5 nitrogen and oxygen atoms in total. The van der Waals surface area contributed by atoms with Crippen LogP contribution in [0, 0.1) is 29.0 Å².